The maximum Gasteiger partial charge on any atom is 0.332 e. The summed E-state index contributed by atoms with van der Waals surface area (Å²) in [5.41, 5.74) is 2.10. The average molecular weight is 406 g/mol. The summed E-state index contributed by atoms with van der Waals surface area (Å²) in [5.74, 6) is 0.833. The van der Waals surface area contributed by atoms with Crippen molar-refractivity contribution in [3.05, 3.63) is 58.6 Å². The number of hydrogen-bond donors (Lipinski definition) is 1. The molecular formula is C19H20BrNO4. The Morgan fingerprint density at radius 1 is 1.16 bits per heavy atom. The van der Waals surface area contributed by atoms with Gasteiger partial charge in [-0.2, -0.15) is 0 Å². The van der Waals surface area contributed by atoms with Gasteiger partial charge < -0.3 is 19.5 Å². The third-order valence-electron chi connectivity index (χ3n) is 3.36. The number of anilines is 1. The molecule has 0 aliphatic heterocycles. The summed E-state index contributed by atoms with van der Waals surface area (Å²) >= 11 is 3.46. The highest BCUT2D eigenvalue weighted by Gasteiger charge is 2.14. The number of rotatable bonds is 7. The maximum atomic E-state index is 12.0. The number of halogens is 1. The lowest BCUT2D eigenvalue weighted by molar-refractivity contribution is -0.137. The minimum Gasteiger partial charge on any atom is -0.497 e. The van der Waals surface area contributed by atoms with E-state index in [1.54, 1.807) is 33.3 Å². The van der Waals surface area contributed by atoms with Crippen LogP contribution in [-0.4, -0.2) is 26.8 Å². The second-order valence-electron chi connectivity index (χ2n) is 4.99. The minimum absolute atomic E-state index is 0.311. The molecule has 0 aliphatic carbocycles. The summed E-state index contributed by atoms with van der Waals surface area (Å²) in [6.07, 6.45) is 1.42. The van der Waals surface area contributed by atoms with Gasteiger partial charge in [-0.3, -0.25) is 0 Å². The van der Waals surface area contributed by atoms with E-state index in [-0.39, 0.29) is 0 Å². The van der Waals surface area contributed by atoms with Crippen molar-refractivity contribution in [3.8, 4) is 11.5 Å². The number of nitrogens with one attached hydrogen (secondary N) is 1. The standard InChI is InChI=1S/C19H20BrNO4/c1-4-25-18(22)12-16(13-8-6-5-7-9-13)21-17-11-14(23-2)10-15(20)19(17)24-3/h5-12,21H,4H2,1-3H3/b16-12-. The van der Waals surface area contributed by atoms with Gasteiger partial charge in [0.2, 0.25) is 0 Å². The van der Waals surface area contributed by atoms with Crippen molar-refractivity contribution in [2.45, 2.75) is 6.92 Å². The van der Waals surface area contributed by atoms with E-state index in [0.29, 0.717) is 29.5 Å². The van der Waals surface area contributed by atoms with Crippen LogP contribution < -0.4 is 14.8 Å². The molecule has 5 nitrogen and oxygen atoms in total. The third-order valence-corrected chi connectivity index (χ3v) is 3.95. The van der Waals surface area contributed by atoms with E-state index in [4.69, 9.17) is 14.2 Å². The van der Waals surface area contributed by atoms with Crippen molar-refractivity contribution in [1.29, 1.82) is 0 Å². The number of carbonyl (C=O) groups excluding carboxylic acids is 1. The van der Waals surface area contributed by atoms with Gasteiger partial charge in [0, 0.05) is 12.1 Å². The Morgan fingerprint density at radius 3 is 2.48 bits per heavy atom. The van der Waals surface area contributed by atoms with Crippen LogP contribution in [0.3, 0.4) is 0 Å². The molecule has 0 unspecified atom stereocenters. The number of ether oxygens (including phenoxy) is 3. The molecule has 6 heteroatoms. The van der Waals surface area contributed by atoms with Gasteiger partial charge in [-0.1, -0.05) is 30.3 Å². The van der Waals surface area contributed by atoms with E-state index in [2.05, 4.69) is 21.2 Å². The summed E-state index contributed by atoms with van der Waals surface area (Å²) in [6.45, 7) is 2.08. The Kier molecular flexibility index (Phi) is 6.89. The van der Waals surface area contributed by atoms with Crippen molar-refractivity contribution < 1.29 is 19.0 Å². The Bertz CT molecular complexity index is 760. The van der Waals surface area contributed by atoms with E-state index in [1.165, 1.54) is 6.08 Å². The zero-order valence-electron chi connectivity index (χ0n) is 14.3. The molecule has 0 heterocycles. The molecule has 0 amide bonds. The lowest BCUT2D eigenvalue weighted by Crippen LogP contribution is -2.07. The van der Waals surface area contributed by atoms with Gasteiger partial charge in [-0.05, 0) is 34.5 Å². The van der Waals surface area contributed by atoms with Crippen LogP contribution in [0, 0.1) is 0 Å². The Labute approximate surface area is 155 Å². The molecule has 2 aromatic carbocycles. The average Bonchev–Trinajstić information content (AvgIpc) is 2.61. The van der Waals surface area contributed by atoms with Crippen molar-refractivity contribution in [2.75, 3.05) is 26.1 Å². The second-order valence-corrected chi connectivity index (χ2v) is 5.85. The normalized spacial score (nSPS) is 11.0. The molecule has 0 spiro atoms. The lowest BCUT2D eigenvalue weighted by atomic mass is 10.1. The summed E-state index contributed by atoms with van der Waals surface area (Å²) < 4.78 is 16.5. The summed E-state index contributed by atoms with van der Waals surface area (Å²) in [4.78, 5) is 12.0. The van der Waals surface area contributed by atoms with Gasteiger partial charge in [-0.15, -0.1) is 0 Å². The highest BCUT2D eigenvalue weighted by Crippen LogP contribution is 2.38. The SMILES string of the molecule is CCOC(=O)/C=C(\Nc1cc(OC)cc(Br)c1OC)c1ccccc1. The number of methoxy groups -OCH3 is 2. The highest BCUT2D eigenvalue weighted by atomic mass is 79.9. The molecule has 0 saturated carbocycles. The monoisotopic (exact) mass is 405 g/mol. The summed E-state index contributed by atoms with van der Waals surface area (Å²) in [5, 5.41) is 3.24. The van der Waals surface area contributed by atoms with Gasteiger partial charge in [0.25, 0.3) is 0 Å². The smallest absolute Gasteiger partial charge is 0.332 e. The van der Waals surface area contributed by atoms with Crippen molar-refractivity contribution in [1.82, 2.24) is 0 Å². The first-order valence-electron chi connectivity index (χ1n) is 7.71. The van der Waals surface area contributed by atoms with Crippen LogP contribution in [0.1, 0.15) is 12.5 Å². The fourth-order valence-corrected chi connectivity index (χ4v) is 2.84. The molecule has 1 N–H and O–H groups in total. The van der Waals surface area contributed by atoms with Crippen LogP contribution in [0.2, 0.25) is 0 Å². The number of carbonyl (C=O) groups is 1. The number of benzene rings is 2. The van der Waals surface area contributed by atoms with Gasteiger partial charge in [-0.25, -0.2) is 4.79 Å². The highest BCUT2D eigenvalue weighted by molar-refractivity contribution is 9.10. The van der Waals surface area contributed by atoms with Crippen molar-refractivity contribution in [3.63, 3.8) is 0 Å². The molecule has 2 aromatic rings. The van der Waals surface area contributed by atoms with Gasteiger partial charge >= 0.3 is 5.97 Å². The third kappa shape index (κ3) is 5.00. The van der Waals surface area contributed by atoms with Crippen LogP contribution >= 0.6 is 15.9 Å². The zero-order valence-corrected chi connectivity index (χ0v) is 15.9. The van der Waals surface area contributed by atoms with E-state index in [0.717, 1.165) is 10.0 Å². The van der Waals surface area contributed by atoms with E-state index < -0.39 is 5.97 Å². The molecule has 0 aliphatic rings. The molecule has 0 bridgehead atoms. The number of esters is 1. The second kappa shape index (κ2) is 9.13. The van der Waals surface area contributed by atoms with Crippen LogP contribution in [0.15, 0.2) is 53.0 Å². The van der Waals surface area contributed by atoms with Crippen molar-refractivity contribution in [2.24, 2.45) is 0 Å². The van der Waals surface area contributed by atoms with Gasteiger partial charge in [0.1, 0.15) is 5.75 Å². The van der Waals surface area contributed by atoms with E-state index in [1.807, 2.05) is 30.3 Å². The molecular weight excluding hydrogens is 386 g/mol. The van der Waals surface area contributed by atoms with E-state index >= 15 is 0 Å². The molecule has 2 rings (SSSR count). The predicted octanol–water partition coefficient (Wildman–Crippen LogP) is 4.48. The Morgan fingerprint density at radius 2 is 1.88 bits per heavy atom. The van der Waals surface area contributed by atoms with Crippen LogP contribution in [0.4, 0.5) is 5.69 Å². The molecule has 0 fully saturated rings. The van der Waals surface area contributed by atoms with Gasteiger partial charge in [0.15, 0.2) is 5.75 Å². The summed E-state index contributed by atoms with van der Waals surface area (Å²) in [7, 11) is 3.17. The Hall–Kier alpha value is -2.47. The molecule has 25 heavy (non-hydrogen) atoms. The van der Waals surface area contributed by atoms with Crippen LogP contribution in [0.5, 0.6) is 11.5 Å². The quantitative estimate of drug-likeness (QED) is 0.543. The minimum atomic E-state index is -0.421. The maximum absolute atomic E-state index is 12.0. The molecule has 0 radical (unpaired) electrons. The lowest BCUT2D eigenvalue weighted by Gasteiger charge is -2.17. The Balaban J connectivity index is 2.47. The van der Waals surface area contributed by atoms with E-state index in [9.17, 15) is 4.79 Å². The predicted molar refractivity (Wildman–Crippen MR) is 102 cm³/mol. The number of hydrogen-bond acceptors (Lipinski definition) is 5. The zero-order chi connectivity index (χ0) is 18.2. The summed E-state index contributed by atoms with van der Waals surface area (Å²) in [6, 6.07) is 13.1. The molecule has 0 atom stereocenters. The molecule has 132 valence electrons. The largest absolute Gasteiger partial charge is 0.497 e. The van der Waals surface area contributed by atoms with Crippen LogP contribution in [0.25, 0.3) is 5.70 Å². The first-order valence-corrected chi connectivity index (χ1v) is 8.50. The molecule has 0 saturated heterocycles. The van der Waals surface area contributed by atoms with Gasteiger partial charge in [0.05, 0.1) is 36.7 Å². The molecule has 0 aromatic heterocycles. The fraction of sp³-hybridized carbons (Fsp3) is 0.211. The van der Waals surface area contributed by atoms with Crippen molar-refractivity contribution >= 4 is 33.3 Å². The topological polar surface area (TPSA) is 56.8 Å². The fourth-order valence-electron chi connectivity index (χ4n) is 2.24. The van der Waals surface area contributed by atoms with Crippen LogP contribution in [-0.2, 0) is 9.53 Å². The first-order chi connectivity index (χ1) is 12.1. The first kappa shape index (κ1) is 18.9.